The summed E-state index contributed by atoms with van der Waals surface area (Å²) in [6.07, 6.45) is 6.64. The van der Waals surface area contributed by atoms with Crippen molar-refractivity contribution in [1.29, 1.82) is 0 Å². The molecule has 4 aromatic rings. The van der Waals surface area contributed by atoms with Gasteiger partial charge in [0.05, 0.1) is 17.4 Å². The lowest BCUT2D eigenvalue weighted by Crippen LogP contribution is -2.37. The normalized spacial score (nSPS) is 12.4. The molecule has 1 atom stereocenters. The number of hydrogen-bond donors (Lipinski definition) is 2. The average Bonchev–Trinajstić information content (AvgIpc) is 3.43. The van der Waals surface area contributed by atoms with Gasteiger partial charge in [0.15, 0.2) is 0 Å². The maximum absolute atomic E-state index is 13.2. The van der Waals surface area contributed by atoms with Crippen molar-refractivity contribution in [3.63, 3.8) is 0 Å². The Kier molecular flexibility index (Phi) is 7.95. The molecule has 3 heterocycles. The molecule has 0 radical (unpaired) electrons. The summed E-state index contributed by atoms with van der Waals surface area (Å²) in [4.78, 5) is 21.7. The Morgan fingerprint density at radius 1 is 1.05 bits per heavy atom. The first-order chi connectivity index (χ1) is 17.7. The zero-order valence-electron chi connectivity index (χ0n) is 20.5. The Hall–Kier alpha value is -4.09. The molecule has 0 aliphatic carbocycles. The van der Waals surface area contributed by atoms with Gasteiger partial charge in [-0.3, -0.25) is 9.78 Å². The van der Waals surface area contributed by atoms with Gasteiger partial charge < -0.3 is 10.0 Å². The molecule has 3 aromatic heterocycles. The van der Waals surface area contributed by atoms with Crippen LogP contribution in [0, 0.1) is 0 Å². The summed E-state index contributed by atoms with van der Waals surface area (Å²) >= 11 is 0. The number of aromatic nitrogens is 4. The lowest BCUT2D eigenvalue weighted by molar-refractivity contribution is -0.135. The number of carboxylic acids is 1. The number of hydrogen-bond acceptors (Lipinski definition) is 7. The van der Waals surface area contributed by atoms with E-state index in [0.29, 0.717) is 17.9 Å². The van der Waals surface area contributed by atoms with Crippen LogP contribution in [0.5, 0.6) is 0 Å². The summed E-state index contributed by atoms with van der Waals surface area (Å²) in [7, 11) is -3.91. The molecule has 2 N–H and O–H groups in total. The summed E-state index contributed by atoms with van der Waals surface area (Å²) < 4.78 is 30.9. The van der Waals surface area contributed by atoms with Gasteiger partial charge in [-0.25, -0.2) is 22.8 Å². The van der Waals surface area contributed by atoms with Crippen LogP contribution in [-0.4, -0.2) is 51.8 Å². The molecule has 0 amide bonds. The summed E-state index contributed by atoms with van der Waals surface area (Å²) in [6.45, 7) is 3.52. The third kappa shape index (κ3) is 6.57. The SMILES string of the molecule is CC(C)N(CC(=O)O)c1cccc(C(Cc2ccc(-n3cccn3)cc2)NS(=O)(=O)c2cccnc2)n1. The molecular weight excluding hydrogens is 492 g/mol. The van der Waals surface area contributed by atoms with E-state index in [1.54, 1.807) is 40.0 Å². The highest BCUT2D eigenvalue weighted by atomic mass is 32.2. The number of nitrogens with one attached hydrogen (secondary N) is 1. The fraction of sp³-hybridized carbons (Fsp3) is 0.231. The van der Waals surface area contributed by atoms with Gasteiger partial charge in [-0.2, -0.15) is 5.10 Å². The molecule has 37 heavy (non-hydrogen) atoms. The summed E-state index contributed by atoms with van der Waals surface area (Å²) in [5.74, 6) is -0.526. The van der Waals surface area contributed by atoms with Gasteiger partial charge in [0.1, 0.15) is 17.3 Å². The van der Waals surface area contributed by atoms with Crippen LogP contribution in [-0.2, 0) is 21.2 Å². The summed E-state index contributed by atoms with van der Waals surface area (Å²) in [5, 5.41) is 13.6. The Morgan fingerprint density at radius 3 is 2.46 bits per heavy atom. The zero-order valence-corrected chi connectivity index (χ0v) is 21.3. The van der Waals surface area contributed by atoms with Crippen LogP contribution < -0.4 is 9.62 Å². The van der Waals surface area contributed by atoms with Crippen molar-refractivity contribution in [2.24, 2.45) is 0 Å². The molecule has 192 valence electrons. The van der Waals surface area contributed by atoms with Gasteiger partial charge in [-0.1, -0.05) is 18.2 Å². The predicted molar refractivity (Wildman–Crippen MR) is 139 cm³/mol. The quantitative estimate of drug-likeness (QED) is 0.308. The van der Waals surface area contributed by atoms with E-state index in [4.69, 9.17) is 0 Å². The molecule has 11 heteroatoms. The van der Waals surface area contributed by atoms with Crippen LogP contribution in [0.3, 0.4) is 0 Å². The molecule has 0 spiro atoms. The first kappa shape index (κ1) is 26.0. The van der Waals surface area contributed by atoms with Crippen molar-refractivity contribution < 1.29 is 18.3 Å². The Labute approximate surface area is 215 Å². The molecule has 0 saturated heterocycles. The lowest BCUT2D eigenvalue weighted by Gasteiger charge is -2.27. The van der Waals surface area contributed by atoms with E-state index in [-0.39, 0.29) is 17.5 Å². The number of aliphatic carboxylic acids is 1. The van der Waals surface area contributed by atoms with E-state index in [1.165, 1.54) is 18.5 Å². The van der Waals surface area contributed by atoms with E-state index in [0.717, 1.165) is 11.3 Å². The van der Waals surface area contributed by atoms with Gasteiger partial charge in [-0.05, 0) is 68.3 Å². The summed E-state index contributed by atoms with van der Waals surface area (Å²) in [6, 6.07) is 16.9. The van der Waals surface area contributed by atoms with E-state index in [9.17, 15) is 18.3 Å². The van der Waals surface area contributed by atoms with Crippen LogP contribution in [0.15, 0.2) is 90.3 Å². The minimum absolute atomic E-state index is 0.0415. The molecule has 0 saturated carbocycles. The number of anilines is 1. The third-order valence-corrected chi connectivity index (χ3v) is 7.18. The van der Waals surface area contributed by atoms with Crippen molar-refractivity contribution in [1.82, 2.24) is 24.5 Å². The smallest absolute Gasteiger partial charge is 0.323 e. The molecule has 0 bridgehead atoms. The van der Waals surface area contributed by atoms with Gasteiger partial charge in [0.25, 0.3) is 0 Å². The van der Waals surface area contributed by atoms with Crippen molar-refractivity contribution in [2.45, 2.75) is 37.2 Å². The third-order valence-electron chi connectivity index (χ3n) is 5.72. The second kappa shape index (κ2) is 11.3. The van der Waals surface area contributed by atoms with Crippen molar-refractivity contribution in [2.75, 3.05) is 11.4 Å². The predicted octanol–water partition coefficient (Wildman–Crippen LogP) is 3.22. The highest BCUT2D eigenvalue weighted by Gasteiger charge is 2.24. The molecule has 0 fully saturated rings. The molecule has 1 aromatic carbocycles. The number of nitrogens with zero attached hydrogens (tertiary/aromatic N) is 5. The maximum Gasteiger partial charge on any atom is 0.323 e. The highest BCUT2D eigenvalue weighted by molar-refractivity contribution is 7.89. The van der Waals surface area contributed by atoms with Crippen LogP contribution >= 0.6 is 0 Å². The Morgan fingerprint density at radius 2 is 1.84 bits per heavy atom. The second-order valence-electron chi connectivity index (χ2n) is 8.72. The molecular formula is C26H28N6O4S. The minimum Gasteiger partial charge on any atom is -0.480 e. The Bertz CT molecular complexity index is 1430. The summed E-state index contributed by atoms with van der Waals surface area (Å²) in [5.41, 5.74) is 2.23. The minimum atomic E-state index is -3.91. The van der Waals surface area contributed by atoms with Gasteiger partial charge in [-0.15, -0.1) is 0 Å². The van der Waals surface area contributed by atoms with Crippen molar-refractivity contribution in [3.8, 4) is 5.69 Å². The van der Waals surface area contributed by atoms with E-state index in [2.05, 4.69) is 19.8 Å². The fourth-order valence-corrected chi connectivity index (χ4v) is 5.05. The van der Waals surface area contributed by atoms with Crippen LogP contribution in [0.25, 0.3) is 5.69 Å². The van der Waals surface area contributed by atoms with Crippen molar-refractivity contribution in [3.05, 3.63) is 96.7 Å². The standard InChI is InChI=1S/C26H28N6O4S/c1-19(2)31(18-26(33)34)25-8-3-7-23(29-25)24(30-37(35,36)22-6-4-13-27-17-22)16-20-9-11-21(12-10-20)32-15-5-14-28-32/h3-15,17,19,24,30H,16,18H2,1-2H3,(H,33,34). The average molecular weight is 521 g/mol. The van der Waals surface area contributed by atoms with Crippen LogP contribution in [0.2, 0.25) is 0 Å². The number of carboxylic acid groups (broad SMARTS) is 1. The number of sulfonamides is 1. The van der Waals surface area contributed by atoms with Gasteiger partial charge in [0, 0.05) is 30.8 Å². The fourth-order valence-electron chi connectivity index (χ4n) is 3.88. The molecule has 10 nitrogen and oxygen atoms in total. The molecule has 0 aliphatic rings. The van der Waals surface area contributed by atoms with E-state index >= 15 is 0 Å². The topological polar surface area (TPSA) is 130 Å². The van der Waals surface area contributed by atoms with E-state index in [1.807, 2.05) is 50.4 Å². The number of benzene rings is 1. The highest BCUT2D eigenvalue weighted by Crippen LogP contribution is 2.24. The largest absolute Gasteiger partial charge is 0.480 e. The van der Waals surface area contributed by atoms with Crippen LogP contribution in [0.4, 0.5) is 5.82 Å². The molecule has 4 rings (SSSR count). The van der Waals surface area contributed by atoms with Gasteiger partial charge in [0.2, 0.25) is 10.0 Å². The zero-order chi connectivity index (χ0) is 26.4. The number of carbonyl (C=O) groups is 1. The number of pyridine rings is 2. The number of rotatable bonds is 11. The lowest BCUT2D eigenvalue weighted by atomic mass is 10.0. The maximum atomic E-state index is 13.2. The first-order valence-electron chi connectivity index (χ1n) is 11.7. The second-order valence-corrected chi connectivity index (χ2v) is 10.4. The molecule has 0 aliphatic heterocycles. The monoisotopic (exact) mass is 520 g/mol. The first-order valence-corrected chi connectivity index (χ1v) is 13.2. The van der Waals surface area contributed by atoms with Crippen LogP contribution in [0.1, 0.15) is 31.1 Å². The van der Waals surface area contributed by atoms with Crippen molar-refractivity contribution >= 4 is 21.8 Å². The van der Waals surface area contributed by atoms with E-state index < -0.39 is 22.0 Å². The van der Waals surface area contributed by atoms with Gasteiger partial charge >= 0.3 is 5.97 Å². The Balaban J connectivity index is 1.68. The molecule has 1 unspecified atom stereocenters.